The maximum absolute atomic E-state index is 13.0. The Morgan fingerprint density at radius 1 is 1.07 bits per heavy atom. The van der Waals surface area contributed by atoms with E-state index < -0.39 is 0 Å². The summed E-state index contributed by atoms with van der Waals surface area (Å²) in [5.41, 5.74) is 1.77. The fraction of sp³-hybridized carbons (Fsp3) is 0.190. The second kappa shape index (κ2) is 7.19. The monoisotopic (exact) mass is 377 g/mol. The van der Waals surface area contributed by atoms with Gasteiger partial charge >= 0.3 is 0 Å². The van der Waals surface area contributed by atoms with Crippen LogP contribution in [0.3, 0.4) is 0 Å². The molecule has 2 aromatic carbocycles. The van der Waals surface area contributed by atoms with Crippen molar-refractivity contribution in [3.8, 4) is 34.3 Å². The molecule has 28 heavy (non-hydrogen) atoms. The van der Waals surface area contributed by atoms with Crippen molar-refractivity contribution in [3.05, 3.63) is 58.9 Å². The van der Waals surface area contributed by atoms with Gasteiger partial charge in [0, 0.05) is 29.8 Å². The second-order valence-electron chi connectivity index (χ2n) is 6.20. The number of ether oxygens (including phenoxy) is 2. The largest absolute Gasteiger partial charge is 0.497 e. The summed E-state index contributed by atoms with van der Waals surface area (Å²) >= 11 is 0. The Balaban J connectivity index is 1.85. The molecule has 0 N–H and O–H groups in total. The van der Waals surface area contributed by atoms with E-state index >= 15 is 0 Å². The van der Waals surface area contributed by atoms with Gasteiger partial charge in [-0.25, -0.2) is 0 Å². The van der Waals surface area contributed by atoms with Crippen LogP contribution in [0.15, 0.2) is 58.0 Å². The van der Waals surface area contributed by atoms with Crippen molar-refractivity contribution < 1.29 is 14.0 Å². The fourth-order valence-electron chi connectivity index (χ4n) is 3.15. The summed E-state index contributed by atoms with van der Waals surface area (Å²) in [5, 5.41) is 4.66. The first kappa shape index (κ1) is 17.8. The molecule has 142 valence electrons. The lowest BCUT2D eigenvalue weighted by Crippen LogP contribution is -2.11. The van der Waals surface area contributed by atoms with Gasteiger partial charge in [-0.3, -0.25) is 4.79 Å². The lowest BCUT2D eigenvalue weighted by molar-refractivity contribution is 0.394. The van der Waals surface area contributed by atoms with E-state index in [0.29, 0.717) is 40.4 Å². The molecule has 0 saturated carbocycles. The van der Waals surface area contributed by atoms with E-state index in [9.17, 15) is 4.79 Å². The molecule has 0 aliphatic heterocycles. The first-order chi connectivity index (χ1) is 13.6. The van der Waals surface area contributed by atoms with Crippen molar-refractivity contribution in [2.24, 2.45) is 0 Å². The van der Waals surface area contributed by atoms with Crippen LogP contribution in [0.25, 0.3) is 33.7 Å². The van der Waals surface area contributed by atoms with Gasteiger partial charge in [0.05, 0.1) is 19.7 Å². The molecule has 0 atom stereocenters. The molecule has 7 heteroatoms. The van der Waals surface area contributed by atoms with E-state index in [1.54, 1.807) is 44.7 Å². The molecule has 0 aliphatic carbocycles. The van der Waals surface area contributed by atoms with Gasteiger partial charge in [-0.05, 0) is 31.2 Å². The Kier molecular flexibility index (Phi) is 4.57. The third kappa shape index (κ3) is 3.00. The first-order valence-electron chi connectivity index (χ1n) is 8.84. The Morgan fingerprint density at radius 3 is 2.46 bits per heavy atom. The molecule has 7 nitrogen and oxygen atoms in total. The number of aryl methyl sites for hydroxylation is 1. The predicted octanol–water partition coefficient (Wildman–Crippen LogP) is 3.76. The topological polar surface area (TPSA) is 79.4 Å². The first-order valence-corrected chi connectivity index (χ1v) is 8.84. The number of rotatable bonds is 5. The van der Waals surface area contributed by atoms with E-state index in [2.05, 4.69) is 10.1 Å². The highest BCUT2D eigenvalue weighted by Gasteiger charge is 2.17. The summed E-state index contributed by atoms with van der Waals surface area (Å²) in [6.45, 7) is 2.73. The van der Waals surface area contributed by atoms with Crippen molar-refractivity contribution in [1.82, 2.24) is 14.7 Å². The zero-order valence-electron chi connectivity index (χ0n) is 15.8. The molecule has 0 radical (unpaired) electrons. The van der Waals surface area contributed by atoms with Crippen molar-refractivity contribution in [3.63, 3.8) is 0 Å². The summed E-state index contributed by atoms with van der Waals surface area (Å²) in [5.74, 6) is 1.75. The van der Waals surface area contributed by atoms with Gasteiger partial charge in [-0.15, -0.1) is 0 Å². The zero-order chi connectivity index (χ0) is 19.7. The number of fused-ring (bicyclic) bond motifs is 1. The van der Waals surface area contributed by atoms with Gasteiger partial charge in [0.2, 0.25) is 11.3 Å². The highest BCUT2D eigenvalue weighted by atomic mass is 16.5. The Bertz CT molecular complexity index is 1190. The minimum absolute atomic E-state index is 0.140. The highest BCUT2D eigenvalue weighted by molar-refractivity contribution is 5.82. The van der Waals surface area contributed by atoms with E-state index in [1.807, 2.05) is 29.7 Å². The van der Waals surface area contributed by atoms with Gasteiger partial charge in [0.15, 0.2) is 0 Å². The fourth-order valence-corrected chi connectivity index (χ4v) is 3.15. The SMILES string of the molecule is CCn1cc(-c2nc(-c3cc(OC)cc(OC)c3)no2)c(=O)c2ccccc21. The number of methoxy groups -OCH3 is 2. The van der Waals surface area contributed by atoms with Crippen LogP contribution in [0.5, 0.6) is 11.5 Å². The Hall–Kier alpha value is -3.61. The molecule has 0 bridgehead atoms. The van der Waals surface area contributed by atoms with Gasteiger partial charge in [-0.2, -0.15) is 4.98 Å². The molecule has 4 rings (SSSR count). The van der Waals surface area contributed by atoms with Gasteiger partial charge in [0.25, 0.3) is 5.89 Å². The summed E-state index contributed by atoms with van der Waals surface area (Å²) in [6, 6.07) is 12.8. The van der Waals surface area contributed by atoms with Crippen molar-refractivity contribution >= 4 is 10.9 Å². The van der Waals surface area contributed by atoms with E-state index in [-0.39, 0.29) is 11.3 Å². The van der Waals surface area contributed by atoms with Gasteiger partial charge in [0.1, 0.15) is 17.1 Å². The molecule has 0 aliphatic rings. The molecule has 0 spiro atoms. The lowest BCUT2D eigenvalue weighted by Gasteiger charge is -2.09. The van der Waals surface area contributed by atoms with Gasteiger partial charge < -0.3 is 18.6 Å². The molecule has 0 saturated heterocycles. The molecule has 0 unspecified atom stereocenters. The number of aromatic nitrogens is 3. The number of para-hydroxylation sites is 1. The van der Waals surface area contributed by atoms with Crippen LogP contribution in [0.2, 0.25) is 0 Å². The lowest BCUT2D eigenvalue weighted by atomic mass is 10.1. The summed E-state index contributed by atoms with van der Waals surface area (Å²) in [6.07, 6.45) is 1.76. The van der Waals surface area contributed by atoms with Crippen molar-refractivity contribution in [1.29, 1.82) is 0 Å². The minimum Gasteiger partial charge on any atom is -0.497 e. The highest BCUT2D eigenvalue weighted by Crippen LogP contribution is 2.29. The summed E-state index contributed by atoms with van der Waals surface area (Å²) in [4.78, 5) is 17.4. The van der Waals surface area contributed by atoms with Crippen LogP contribution >= 0.6 is 0 Å². The molecule has 2 aromatic heterocycles. The molecule has 4 aromatic rings. The van der Waals surface area contributed by atoms with Crippen LogP contribution in [0.1, 0.15) is 6.92 Å². The van der Waals surface area contributed by atoms with E-state index in [4.69, 9.17) is 14.0 Å². The van der Waals surface area contributed by atoms with E-state index in [0.717, 1.165) is 5.52 Å². The van der Waals surface area contributed by atoms with Crippen molar-refractivity contribution in [2.45, 2.75) is 13.5 Å². The number of benzene rings is 2. The van der Waals surface area contributed by atoms with E-state index in [1.165, 1.54) is 0 Å². The zero-order valence-corrected chi connectivity index (χ0v) is 15.8. The third-order valence-corrected chi connectivity index (χ3v) is 4.59. The quantitative estimate of drug-likeness (QED) is 0.527. The summed E-state index contributed by atoms with van der Waals surface area (Å²) in [7, 11) is 3.14. The predicted molar refractivity (Wildman–Crippen MR) is 106 cm³/mol. The molecule has 0 amide bonds. The molecular weight excluding hydrogens is 358 g/mol. The minimum atomic E-state index is -0.140. The average molecular weight is 377 g/mol. The summed E-state index contributed by atoms with van der Waals surface area (Å²) < 4.78 is 18.0. The number of hydrogen-bond acceptors (Lipinski definition) is 6. The number of hydrogen-bond donors (Lipinski definition) is 0. The third-order valence-electron chi connectivity index (χ3n) is 4.59. The maximum Gasteiger partial charge on any atom is 0.263 e. The standard InChI is InChI=1S/C21H19N3O4/c1-4-24-12-17(19(25)16-7-5-6-8-18(16)24)21-22-20(23-28-21)13-9-14(26-2)11-15(10-13)27-3/h5-12H,4H2,1-3H3. The average Bonchev–Trinajstić information content (AvgIpc) is 3.24. The molecule has 2 heterocycles. The van der Waals surface area contributed by atoms with Crippen LogP contribution in [-0.2, 0) is 6.54 Å². The van der Waals surface area contributed by atoms with Crippen LogP contribution < -0.4 is 14.9 Å². The normalized spacial score (nSPS) is 11.0. The number of pyridine rings is 1. The molecular formula is C21H19N3O4. The smallest absolute Gasteiger partial charge is 0.263 e. The Morgan fingerprint density at radius 2 is 1.79 bits per heavy atom. The Labute approximate surface area is 161 Å². The maximum atomic E-state index is 13.0. The van der Waals surface area contributed by atoms with Gasteiger partial charge in [-0.1, -0.05) is 17.3 Å². The van der Waals surface area contributed by atoms with Crippen LogP contribution in [0, 0.1) is 0 Å². The van der Waals surface area contributed by atoms with Crippen LogP contribution in [0.4, 0.5) is 0 Å². The number of nitrogens with zero attached hydrogens (tertiary/aromatic N) is 3. The van der Waals surface area contributed by atoms with Crippen LogP contribution in [-0.4, -0.2) is 28.9 Å². The molecule has 0 fully saturated rings. The van der Waals surface area contributed by atoms with Crippen molar-refractivity contribution in [2.75, 3.05) is 14.2 Å². The second-order valence-corrected chi connectivity index (χ2v) is 6.20.